The first-order valence-corrected chi connectivity index (χ1v) is 8.76. The van der Waals surface area contributed by atoms with Crippen LogP contribution in [0.2, 0.25) is 0 Å². The molecular formula is C22H18O5. The Morgan fingerprint density at radius 2 is 1.67 bits per heavy atom. The maximum Gasteiger partial charge on any atom is 0.310 e. The van der Waals surface area contributed by atoms with Crippen LogP contribution in [0.3, 0.4) is 0 Å². The minimum Gasteiger partial charge on any atom is -0.486 e. The Morgan fingerprint density at radius 3 is 2.56 bits per heavy atom. The van der Waals surface area contributed by atoms with Gasteiger partial charge in [0.15, 0.2) is 23.9 Å². The lowest BCUT2D eigenvalue weighted by molar-refractivity contribution is -0.141. The van der Waals surface area contributed by atoms with Crippen molar-refractivity contribution in [2.45, 2.75) is 6.42 Å². The van der Waals surface area contributed by atoms with Crippen LogP contribution in [0.1, 0.15) is 15.9 Å². The molecule has 0 amide bonds. The van der Waals surface area contributed by atoms with Crippen molar-refractivity contribution in [2.75, 3.05) is 19.8 Å². The zero-order valence-corrected chi connectivity index (χ0v) is 14.6. The zero-order chi connectivity index (χ0) is 18.6. The number of benzene rings is 3. The van der Waals surface area contributed by atoms with Crippen molar-refractivity contribution in [2.24, 2.45) is 0 Å². The van der Waals surface area contributed by atoms with Crippen LogP contribution in [0.5, 0.6) is 11.5 Å². The summed E-state index contributed by atoms with van der Waals surface area (Å²) in [5.74, 6) is 0.440. The number of esters is 1. The molecule has 5 heteroatoms. The molecule has 1 aliphatic heterocycles. The Morgan fingerprint density at radius 1 is 0.889 bits per heavy atom. The Hall–Kier alpha value is -3.34. The summed E-state index contributed by atoms with van der Waals surface area (Å²) in [6, 6.07) is 18.6. The van der Waals surface area contributed by atoms with Crippen molar-refractivity contribution < 1.29 is 23.8 Å². The maximum absolute atomic E-state index is 12.3. The lowest BCUT2D eigenvalue weighted by Gasteiger charge is -2.18. The molecule has 0 unspecified atom stereocenters. The number of rotatable bonds is 5. The van der Waals surface area contributed by atoms with Gasteiger partial charge in [0.05, 0.1) is 6.42 Å². The SMILES string of the molecule is O=C(Cc1cccc2ccccc12)OCC(=O)c1ccc2c(c1)OCCO2. The van der Waals surface area contributed by atoms with Crippen molar-refractivity contribution in [3.8, 4) is 11.5 Å². The molecule has 0 saturated heterocycles. The van der Waals surface area contributed by atoms with Gasteiger partial charge < -0.3 is 14.2 Å². The Bertz CT molecular complexity index is 1000. The van der Waals surface area contributed by atoms with Gasteiger partial charge in [0.2, 0.25) is 0 Å². The normalized spacial score (nSPS) is 12.6. The second-order valence-electron chi connectivity index (χ2n) is 6.26. The maximum atomic E-state index is 12.3. The number of hydrogen-bond donors (Lipinski definition) is 0. The van der Waals surface area contributed by atoms with E-state index in [0.717, 1.165) is 16.3 Å². The van der Waals surface area contributed by atoms with Gasteiger partial charge in [0, 0.05) is 5.56 Å². The van der Waals surface area contributed by atoms with Crippen LogP contribution in [-0.2, 0) is 16.0 Å². The third-order valence-corrected chi connectivity index (χ3v) is 4.44. The standard InChI is InChI=1S/C22H18O5/c23-19(17-8-9-20-21(12-17)26-11-10-25-20)14-27-22(24)13-16-6-3-5-15-4-1-2-7-18(15)16/h1-9,12H,10-11,13-14H2. The van der Waals surface area contributed by atoms with E-state index in [4.69, 9.17) is 14.2 Å². The number of Topliss-reactive ketones (excluding diaryl/α,β-unsaturated/α-hetero) is 1. The van der Waals surface area contributed by atoms with E-state index in [9.17, 15) is 9.59 Å². The van der Waals surface area contributed by atoms with Crippen LogP contribution >= 0.6 is 0 Å². The molecule has 0 N–H and O–H groups in total. The number of hydrogen-bond acceptors (Lipinski definition) is 5. The first-order chi connectivity index (χ1) is 13.2. The smallest absolute Gasteiger partial charge is 0.310 e. The fourth-order valence-electron chi connectivity index (χ4n) is 3.10. The molecule has 0 spiro atoms. The number of carbonyl (C=O) groups excluding carboxylic acids is 2. The summed E-state index contributed by atoms with van der Waals surface area (Å²) in [4.78, 5) is 24.5. The van der Waals surface area contributed by atoms with E-state index < -0.39 is 5.97 Å². The molecule has 0 radical (unpaired) electrons. The van der Waals surface area contributed by atoms with E-state index in [1.54, 1.807) is 18.2 Å². The Labute approximate surface area is 156 Å². The minimum absolute atomic E-state index is 0.121. The largest absolute Gasteiger partial charge is 0.486 e. The third kappa shape index (κ3) is 3.77. The molecule has 0 atom stereocenters. The van der Waals surface area contributed by atoms with Gasteiger partial charge in [-0.2, -0.15) is 0 Å². The first kappa shape index (κ1) is 17.1. The molecule has 1 heterocycles. The number of fused-ring (bicyclic) bond motifs is 2. The van der Waals surface area contributed by atoms with Crippen molar-refractivity contribution in [1.29, 1.82) is 0 Å². The second-order valence-corrected chi connectivity index (χ2v) is 6.26. The van der Waals surface area contributed by atoms with Crippen molar-refractivity contribution in [3.05, 3.63) is 71.8 Å². The lowest BCUT2D eigenvalue weighted by atomic mass is 10.0. The summed E-state index contributed by atoms with van der Waals surface area (Å²) < 4.78 is 16.1. The summed E-state index contributed by atoms with van der Waals surface area (Å²) in [7, 11) is 0. The highest BCUT2D eigenvalue weighted by molar-refractivity contribution is 5.98. The molecule has 0 saturated carbocycles. The van der Waals surface area contributed by atoms with Gasteiger partial charge in [-0.3, -0.25) is 9.59 Å². The average Bonchev–Trinajstić information content (AvgIpc) is 2.72. The van der Waals surface area contributed by atoms with Gasteiger partial charge in [-0.05, 0) is 34.5 Å². The van der Waals surface area contributed by atoms with E-state index in [0.29, 0.717) is 30.3 Å². The van der Waals surface area contributed by atoms with Crippen LogP contribution in [0.15, 0.2) is 60.7 Å². The summed E-state index contributed by atoms with van der Waals surface area (Å²) in [5, 5.41) is 2.07. The van der Waals surface area contributed by atoms with Gasteiger partial charge in [-0.1, -0.05) is 42.5 Å². The second kappa shape index (κ2) is 7.50. The molecule has 3 aromatic carbocycles. The van der Waals surface area contributed by atoms with E-state index >= 15 is 0 Å². The molecule has 5 nitrogen and oxygen atoms in total. The highest BCUT2D eigenvalue weighted by Crippen LogP contribution is 2.30. The van der Waals surface area contributed by atoms with Crippen LogP contribution in [0, 0.1) is 0 Å². The lowest BCUT2D eigenvalue weighted by Crippen LogP contribution is -2.18. The fourth-order valence-corrected chi connectivity index (χ4v) is 3.10. The summed E-state index contributed by atoms with van der Waals surface area (Å²) in [6.45, 7) is 0.639. The Balaban J connectivity index is 1.39. The molecule has 0 aliphatic carbocycles. The molecule has 0 bridgehead atoms. The molecule has 0 fully saturated rings. The van der Waals surface area contributed by atoms with Gasteiger partial charge in [0.25, 0.3) is 0 Å². The van der Waals surface area contributed by atoms with Crippen LogP contribution in [-0.4, -0.2) is 31.6 Å². The van der Waals surface area contributed by atoms with Crippen molar-refractivity contribution in [1.82, 2.24) is 0 Å². The highest BCUT2D eigenvalue weighted by atomic mass is 16.6. The molecule has 27 heavy (non-hydrogen) atoms. The van der Waals surface area contributed by atoms with E-state index in [-0.39, 0.29) is 18.8 Å². The topological polar surface area (TPSA) is 61.8 Å². The number of carbonyl (C=O) groups is 2. The summed E-state index contributed by atoms with van der Waals surface area (Å²) >= 11 is 0. The zero-order valence-electron chi connectivity index (χ0n) is 14.6. The van der Waals surface area contributed by atoms with E-state index in [1.165, 1.54) is 0 Å². The van der Waals surface area contributed by atoms with Gasteiger partial charge in [-0.25, -0.2) is 0 Å². The highest BCUT2D eigenvalue weighted by Gasteiger charge is 2.16. The molecular weight excluding hydrogens is 344 g/mol. The van der Waals surface area contributed by atoms with Crippen LogP contribution in [0.4, 0.5) is 0 Å². The average molecular weight is 362 g/mol. The van der Waals surface area contributed by atoms with Crippen molar-refractivity contribution in [3.63, 3.8) is 0 Å². The molecule has 0 aromatic heterocycles. The first-order valence-electron chi connectivity index (χ1n) is 8.76. The number of ether oxygens (including phenoxy) is 3. The molecule has 1 aliphatic rings. The van der Waals surface area contributed by atoms with Crippen LogP contribution in [0.25, 0.3) is 10.8 Å². The van der Waals surface area contributed by atoms with Gasteiger partial charge in [-0.15, -0.1) is 0 Å². The van der Waals surface area contributed by atoms with E-state index in [1.807, 2.05) is 42.5 Å². The van der Waals surface area contributed by atoms with E-state index in [2.05, 4.69) is 0 Å². The number of ketones is 1. The third-order valence-electron chi connectivity index (χ3n) is 4.44. The molecule has 4 rings (SSSR count). The summed E-state index contributed by atoms with van der Waals surface area (Å²) in [5.41, 5.74) is 1.31. The monoisotopic (exact) mass is 362 g/mol. The van der Waals surface area contributed by atoms with Crippen molar-refractivity contribution >= 4 is 22.5 Å². The predicted octanol–water partition coefficient (Wildman–Crippen LogP) is 3.58. The van der Waals surface area contributed by atoms with Gasteiger partial charge in [0.1, 0.15) is 13.2 Å². The predicted molar refractivity (Wildman–Crippen MR) is 100 cm³/mol. The fraction of sp³-hybridized carbons (Fsp3) is 0.182. The Kier molecular flexibility index (Phi) is 4.75. The van der Waals surface area contributed by atoms with Crippen LogP contribution < -0.4 is 9.47 Å². The summed E-state index contributed by atoms with van der Waals surface area (Å²) in [6.07, 6.45) is 0.121. The minimum atomic E-state index is -0.433. The van der Waals surface area contributed by atoms with Gasteiger partial charge >= 0.3 is 5.97 Å². The quantitative estimate of drug-likeness (QED) is 0.513. The molecule has 136 valence electrons. The molecule has 3 aromatic rings.